The summed E-state index contributed by atoms with van der Waals surface area (Å²) in [6, 6.07) is 5.41. The van der Waals surface area contributed by atoms with E-state index in [-0.39, 0.29) is 6.03 Å². The molecule has 0 radical (unpaired) electrons. The SMILES string of the molecule is CCCCCNC(=O)Nc1cc(C=CC(=O)NO)ccc1SCCN(CC)CC. The van der Waals surface area contributed by atoms with Crippen LogP contribution in [0.15, 0.2) is 29.2 Å². The maximum absolute atomic E-state index is 12.3. The topological polar surface area (TPSA) is 93.7 Å². The van der Waals surface area contributed by atoms with E-state index in [0.29, 0.717) is 12.2 Å². The second-order valence-corrected chi connectivity index (χ2v) is 7.67. The van der Waals surface area contributed by atoms with Crippen LogP contribution in [-0.4, -0.2) is 54.0 Å². The molecule has 0 fully saturated rings. The van der Waals surface area contributed by atoms with Gasteiger partial charge in [-0.25, -0.2) is 10.3 Å². The van der Waals surface area contributed by atoms with Crippen molar-refractivity contribution in [3.05, 3.63) is 29.8 Å². The van der Waals surface area contributed by atoms with E-state index < -0.39 is 5.91 Å². The number of carbonyl (C=O) groups is 2. The van der Waals surface area contributed by atoms with Crippen LogP contribution >= 0.6 is 11.8 Å². The molecule has 7 nitrogen and oxygen atoms in total. The van der Waals surface area contributed by atoms with E-state index in [4.69, 9.17) is 5.21 Å². The van der Waals surface area contributed by atoms with E-state index >= 15 is 0 Å². The lowest BCUT2D eigenvalue weighted by atomic mass is 10.2. The van der Waals surface area contributed by atoms with Gasteiger partial charge in [-0.2, -0.15) is 0 Å². The van der Waals surface area contributed by atoms with Crippen LogP contribution in [0.4, 0.5) is 10.5 Å². The van der Waals surface area contributed by atoms with E-state index in [9.17, 15) is 9.59 Å². The molecule has 4 N–H and O–H groups in total. The van der Waals surface area contributed by atoms with Crippen molar-refractivity contribution in [1.82, 2.24) is 15.7 Å². The Morgan fingerprint density at radius 1 is 1.17 bits per heavy atom. The molecular formula is C21H34N4O3S. The van der Waals surface area contributed by atoms with E-state index in [1.165, 1.54) is 6.08 Å². The average Bonchev–Trinajstić information content (AvgIpc) is 2.73. The Morgan fingerprint density at radius 3 is 2.59 bits per heavy atom. The highest BCUT2D eigenvalue weighted by Gasteiger charge is 2.09. The number of anilines is 1. The van der Waals surface area contributed by atoms with Crippen molar-refractivity contribution in [2.45, 2.75) is 44.9 Å². The van der Waals surface area contributed by atoms with Crippen molar-refractivity contribution in [2.24, 2.45) is 0 Å². The highest BCUT2D eigenvalue weighted by molar-refractivity contribution is 7.99. The average molecular weight is 423 g/mol. The van der Waals surface area contributed by atoms with Crippen molar-refractivity contribution in [1.29, 1.82) is 0 Å². The summed E-state index contributed by atoms with van der Waals surface area (Å²) in [5, 5.41) is 14.4. The van der Waals surface area contributed by atoms with Gasteiger partial charge in [0.2, 0.25) is 0 Å². The Kier molecular flexibility index (Phi) is 12.8. The molecule has 1 rings (SSSR count). The number of carbonyl (C=O) groups excluding carboxylic acids is 2. The summed E-state index contributed by atoms with van der Waals surface area (Å²) in [6.45, 7) is 10.1. The minimum atomic E-state index is -0.606. The lowest BCUT2D eigenvalue weighted by molar-refractivity contribution is -0.124. The largest absolute Gasteiger partial charge is 0.338 e. The summed E-state index contributed by atoms with van der Waals surface area (Å²) in [7, 11) is 0. The monoisotopic (exact) mass is 422 g/mol. The summed E-state index contributed by atoms with van der Waals surface area (Å²) < 4.78 is 0. The smallest absolute Gasteiger partial charge is 0.319 e. The third-order valence-corrected chi connectivity index (χ3v) is 5.47. The number of rotatable bonds is 13. The zero-order valence-electron chi connectivity index (χ0n) is 17.7. The number of amides is 3. The van der Waals surface area contributed by atoms with Gasteiger partial charge in [-0.1, -0.05) is 39.7 Å². The molecule has 1 aromatic rings. The number of hydrogen-bond acceptors (Lipinski definition) is 5. The molecule has 0 atom stereocenters. The number of nitrogens with zero attached hydrogens (tertiary/aromatic N) is 1. The maximum Gasteiger partial charge on any atom is 0.319 e. The second-order valence-electron chi connectivity index (χ2n) is 6.53. The summed E-state index contributed by atoms with van der Waals surface area (Å²) in [5.74, 6) is 0.308. The van der Waals surface area contributed by atoms with Crippen LogP contribution < -0.4 is 16.1 Å². The van der Waals surface area contributed by atoms with Gasteiger partial charge in [-0.15, -0.1) is 11.8 Å². The van der Waals surface area contributed by atoms with E-state index in [1.807, 2.05) is 18.2 Å². The molecule has 0 spiro atoms. The lowest BCUT2D eigenvalue weighted by Gasteiger charge is -2.18. The molecule has 0 bridgehead atoms. The minimum Gasteiger partial charge on any atom is -0.338 e. The van der Waals surface area contributed by atoms with Crippen molar-refractivity contribution in [2.75, 3.05) is 37.2 Å². The molecule has 1 aromatic carbocycles. The van der Waals surface area contributed by atoms with Gasteiger partial charge < -0.3 is 15.5 Å². The van der Waals surface area contributed by atoms with Crippen LogP contribution in [0, 0.1) is 0 Å². The molecule has 0 saturated carbocycles. The van der Waals surface area contributed by atoms with Crippen molar-refractivity contribution in [3.63, 3.8) is 0 Å². The third kappa shape index (κ3) is 10.3. The first-order valence-corrected chi connectivity index (χ1v) is 11.2. The van der Waals surface area contributed by atoms with Gasteiger partial charge in [0.05, 0.1) is 5.69 Å². The molecular weight excluding hydrogens is 388 g/mol. The van der Waals surface area contributed by atoms with Gasteiger partial charge in [-0.3, -0.25) is 10.0 Å². The fourth-order valence-electron chi connectivity index (χ4n) is 2.65. The molecule has 0 aliphatic heterocycles. The van der Waals surface area contributed by atoms with Crippen LogP contribution in [-0.2, 0) is 4.79 Å². The Bertz CT molecular complexity index is 663. The van der Waals surface area contributed by atoms with E-state index in [2.05, 4.69) is 36.3 Å². The zero-order chi connectivity index (χ0) is 21.5. The number of urea groups is 1. The number of hydroxylamine groups is 1. The maximum atomic E-state index is 12.3. The quantitative estimate of drug-likeness (QED) is 0.127. The molecule has 162 valence electrons. The first-order valence-electron chi connectivity index (χ1n) is 10.2. The summed E-state index contributed by atoms with van der Waals surface area (Å²) in [4.78, 5) is 26.8. The molecule has 0 aliphatic rings. The summed E-state index contributed by atoms with van der Waals surface area (Å²) in [6.07, 6.45) is 5.96. The van der Waals surface area contributed by atoms with Gasteiger partial charge in [0.1, 0.15) is 0 Å². The highest BCUT2D eigenvalue weighted by atomic mass is 32.2. The Hall–Kier alpha value is -2.03. The molecule has 0 aliphatic carbocycles. The predicted octanol–water partition coefficient (Wildman–Crippen LogP) is 3.95. The van der Waals surface area contributed by atoms with Crippen LogP contribution in [0.25, 0.3) is 6.08 Å². The Labute approximate surface area is 178 Å². The summed E-state index contributed by atoms with van der Waals surface area (Å²) >= 11 is 1.69. The van der Waals surface area contributed by atoms with Gasteiger partial charge in [-0.05, 0) is 43.3 Å². The predicted molar refractivity (Wildman–Crippen MR) is 120 cm³/mol. The molecule has 29 heavy (non-hydrogen) atoms. The fourth-order valence-corrected chi connectivity index (χ4v) is 3.65. The minimum absolute atomic E-state index is 0.235. The van der Waals surface area contributed by atoms with Crippen molar-refractivity contribution < 1.29 is 14.8 Å². The third-order valence-electron chi connectivity index (χ3n) is 4.41. The number of benzene rings is 1. The molecule has 3 amide bonds. The van der Waals surface area contributed by atoms with Gasteiger partial charge >= 0.3 is 6.03 Å². The molecule has 0 aromatic heterocycles. The molecule has 0 saturated heterocycles. The van der Waals surface area contributed by atoms with Gasteiger partial charge in [0.25, 0.3) is 5.91 Å². The van der Waals surface area contributed by atoms with Crippen LogP contribution in [0.5, 0.6) is 0 Å². The normalized spacial score (nSPS) is 11.1. The number of unbranched alkanes of at least 4 members (excludes halogenated alkanes) is 2. The van der Waals surface area contributed by atoms with Gasteiger partial charge in [0.15, 0.2) is 0 Å². The van der Waals surface area contributed by atoms with Crippen LogP contribution in [0.2, 0.25) is 0 Å². The Morgan fingerprint density at radius 2 is 1.93 bits per heavy atom. The van der Waals surface area contributed by atoms with Crippen LogP contribution in [0.3, 0.4) is 0 Å². The number of thioether (sulfide) groups is 1. The molecule has 8 heteroatoms. The first-order chi connectivity index (χ1) is 14.0. The first kappa shape index (κ1) is 25.0. The highest BCUT2D eigenvalue weighted by Crippen LogP contribution is 2.29. The van der Waals surface area contributed by atoms with Crippen molar-refractivity contribution >= 4 is 35.5 Å². The zero-order valence-corrected chi connectivity index (χ0v) is 18.5. The summed E-state index contributed by atoms with van der Waals surface area (Å²) in [5.41, 5.74) is 3.02. The van der Waals surface area contributed by atoms with Gasteiger partial charge in [0, 0.05) is 29.8 Å². The van der Waals surface area contributed by atoms with Crippen molar-refractivity contribution in [3.8, 4) is 0 Å². The molecule has 0 heterocycles. The number of nitrogens with one attached hydrogen (secondary N) is 3. The van der Waals surface area contributed by atoms with Crippen LogP contribution in [0.1, 0.15) is 45.6 Å². The lowest BCUT2D eigenvalue weighted by Crippen LogP contribution is -2.29. The molecule has 0 unspecified atom stereocenters. The number of hydrogen-bond donors (Lipinski definition) is 4. The standard InChI is InChI=1S/C21H34N4O3S/c1-4-7-8-13-22-21(27)23-18-16-17(10-12-20(26)24-28)9-11-19(18)29-15-14-25(5-2)6-3/h9-12,16,28H,4-8,13-15H2,1-3H3,(H,24,26)(H2,22,23,27). The van der Waals surface area contributed by atoms with E-state index in [0.717, 1.165) is 55.1 Å². The Balaban J connectivity index is 2.84. The fraction of sp³-hybridized carbons (Fsp3) is 0.524. The second kappa shape index (κ2) is 14.9. The van der Waals surface area contributed by atoms with E-state index in [1.54, 1.807) is 23.3 Å².